The van der Waals surface area contributed by atoms with Crippen LogP contribution in [0.15, 0.2) is 30.3 Å². The average Bonchev–Trinajstić information content (AvgIpc) is 2.66. The van der Waals surface area contributed by atoms with Crippen LogP contribution in [0, 0.1) is 5.41 Å². The minimum Gasteiger partial charge on any atom is -0.349 e. The summed E-state index contributed by atoms with van der Waals surface area (Å²) in [4.78, 5) is 2.04. The van der Waals surface area contributed by atoms with E-state index in [-0.39, 0.29) is 6.04 Å². The summed E-state index contributed by atoms with van der Waals surface area (Å²) < 4.78 is 0. The van der Waals surface area contributed by atoms with Crippen molar-refractivity contribution >= 4 is 16.9 Å². The Morgan fingerprint density at radius 3 is 2.73 bits per heavy atom. The van der Waals surface area contributed by atoms with Gasteiger partial charge in [-0.1, -0.05) is 42.1 Å². The Labute approximate surface area is 94.2 Å². The smallest absolute Gasteiger partial charge is 0.156 e. The van der Waals surface area contributed by atoms with Gasteiger partial charge in [-0.3, -0.25) is 5.41 Å². The third-order valence-corrected chi connectivity index (χ3v) is 3.45. The Hall–Kier alpha value is -1.00. The van der Waals surface area contributed by atoms with Crippen LogP contribution >= 0.6 is 11.8 Å². The Kier molecular flexibility index (Phi) is 3.28. The normalized spacial score (nSPS) is 18.2. The van der Waals surface area contributed by atoms with Gasteiger partial charge in [0.15, 0.2) is 5.17 Å². The molecule has 0 radical (unpaired) electrons. The highest BCUT2D eigenvalue weighted by atomic mass is 32.2. The number of thioether (sulfide) groups is 1. The molecule has 0 aromatic heterocycles. The van der Waals surface area contributed by atoms with E-state index in [1.807, 2.05) is 35.2 Å². The fraction of sp³-hybridized carbons (Fsp3) is 0.364. The molecular formula is C11H15N3S. The molecule has 0 aliphatic carbocycles. The molecule has 1 aromatic carbocycles. The lowest BCUT2D eigenvalue weighted by Gasteiger charge is -2.21. The summed E-state index contributed by atoms with van der Waals surface area (Å²) in [7, 11) is 0. The lowest BCUT2D eigenvalue weighted by Crippen LogP contribution is -2.32. The monoisotopic (exact) mass is 221 g/mol. The molecule has 1 fully saturated rings. The molecular weight excluding hydrogens is 206 g/mol. The van der Waals surface area contributed by atoms with E-state index in [1.54, 1.807) is 11.8 Å². The summed E-state index contributed by atoms with van der Waals surface area (Å²) in [6, 6.07) is 10.1. The second-order valence-corrected chi connectivity index (χ2v) is 4.70. The number of benzene rings is 1. The standard InChI is InChI=1S/C11H15N3S/c12-10(9-4-2-1-3-5-9)8-14-6-7-15-11(14)13/h1-5,10,13H,6-8,12H2. The minimum absolute atomic E-state index is 0.00486. The van der Waals surface area contributed by atoms with Gasteiger partial charge < -0.3 is 10.6 Å². The summed E-state index contributed by atoms with van der Waals surface area (Å²) in [6.45, 7) is 1.69. The highest BCUT2D eigenvalue weighted by Crippen LogP contribution is 2.19. The van der Waals surface area contributed by atoms with Crippen LogP contribution in [0.3, 0.4) is 0 Å². The Morgan fingerprint density at radius 2 is 2.13 bits per heavy atom. The summed E-state index contributed by atoms with van der Waals surface area (Å²) in [6.07, 6.45) is 0. The van der Waals surface area contributed by atoms with Crippen molar-refractivity contribution in [3.63, 3.8) is 0 Å². The SMILES string of the molecule is N=C1SCCN1CC(N)c1ccccc1. The number of nitrogens with one attached hydrogen (secondary N) is 1. The van der Waals surface area contributed by atoms with Gasteiger partial charge in [0.25, 0.3) is 0 Å². The maximum atomic E-state index is 7.70. The third-order valence-electron chi connectivity index (χ3n) is 2.53. The predicted octanol–water partition coefficient (Wildman–Crippen LogP) is 1.67. The van der Waals surface area contributed by atoms with Crippen LogP contribution in [0.4, 0.5) is 0 Å². The van der Waals surface area contributed by atoms with Gasteiger partial charge in [0.1, 0.15) is 0 Å². The van der Waals surface area contributed by atoms with E-state index in [0.29, 0.717) is 5.17 Å². The number of hydrogen-bond acceptors (Lipinski definition) is 3. The van der Waals surface area contributed by atoms with Gasteiger partial charge in [-0.15, -0.1) is 0 Å². The first kappa shape index (κ1) is 10.5. The molecule has 1 atom stereocenters. The van der Waals surface area contributed by atoms with E-state index in [4.69, 9.17) is 11.1 Å². The van der Waals surface area contributed by atoms with Gasteiger partial charge in [0.05, 0.1) is 0 Å². The lowest BCUT2D eigenvalue weighted by atomic mass is 10.1. The second kappa shape index (κ2) is 4.68. The highest BCUT2D eigenvalue weighted by molar-refractivity contribution is 8.14. The number of rotatable bonds is 3. The minimum atomic E-state index is 0.00486. The van der Waals surface area contributed by atoms with Crippen molar-refractivity contribution in [1.29, 1.82) is 5.41 Å². The van der Waals surface area contributed by atoms with Crippen LogP contribution < -0.4 is 5.73 Å². The third kappa shape index (κ3) is 2.52. The molecule has 0 spiro atoms. The summed E-state index contributed by atoms with van der Waals surface area (Å²) in [5.41, 5.74) is 7.23. The molecule has 15 heavy (non-hydrogen) atoms. The van der Waals surface area contributed by atoms with Gasteiger partial charge in [-0.25, -0.2) is 0 Å². The molecule has 1 heterocycles. The van der Waals surface area contributed by atoms with Crippen molar-refractivity contribution in [1.82, 2.24) is 4.90 Å². The summed E-state index contributed by atoms with van der Waals surface area (Å²) >= 11 is 1.60. The summed E-state index contributed by atoms with van der Waals surface area (Å²) in [5, 5.41) is 8.35. The Morgan fingerprint density at radius 1 is 1.40 bits per heavy atom. The molecule has 3 nitrogen and oxygen atoms in total. The Bertz CT molecular complexity index is 339. The maximum absolute atomic E-state index is 7.70. The molecule has 0 saturated carbocycles. The number of nitrogens with zero attached hydrogens (tertiary/aromatic N) is 1. The average molecular weight is 221 g/mol. The van der Waals surface area contributed by atoms with Crippen LogP contribution in [0.25, 0.3) is 0 Å². The summed E-state index contributed by atoms with van der Waals surface area (Å²) in [5.74, 6) is 1.01. The molecule has 0 bridgehead atoms. The molecule has 1 aromatic rings. The maximum Gasteiger partial charge on any atom is 0.156 e. The van der Waals surface area contributed by atoms with Gasteiger partial charge in [-0.2, -0.15) is 0 Å². The molecule has 80 valence electrons. The van der Waals surface area contributed by atoms with Crippen LogP contribution in [-0.2, 0) is 0 Å². The van der Waals surface area contributed by atoms with E-state index in [9.17, 15) is 0 Å². The van der Waals surface area contributed by atoms with Crippen molar-refractivity contribution < 1.29 is 0 Å². The van der Waals surface area contributed by atoms with Gasteiger partial charge >= 0.3 is 0 Å². The Balaban J connectivity index is 1.98. The first-order chi connectivity index (χ1) is 7.27. The van der Waals surface area contributed by atoms with E-state index in [1.165, 1.54) is 0 Å². The zero-order valence-corrected chi connectivity index (χ0v) is 9.33. The van der Waals surface area contributed by atoms with Crippen molar-refractivity contribution in [2.45, 2.75) is 6.04 Å². The molecule has 1 aliphatic rings. The van der Waals surface area contributed by atoms with E-state index in [0.717, 1.165) is 24.4 Å². The lowest BCUT2D eigenvalue weighted by molar-refractivity contribution is 0.421. The highest BCUT2D eigenvalue weighted by Gasteiger charge is 2.20. The van der Waals surface area contributed by atoms with Crippen molar-refractivity contribution in [3.05, 3.63) is 35.9 Å². The van der Waals surface area contributed by atoms with E-state index < -0.39 is 0 Å². The quantitative estimate of drug-likeness (QED) is 0.816. The van der Waals surface area contributed by atoms with Crippen LogP contribution in [0.2, 0.25) is 0 Å². The fourth-order valence-electron chi connectivity index (χ4n) is 1.66. The zero-order chi connectivity index (χ0) is 10.7. The molecule has 1 unspecified atom stereocenters. The number of hydrogen-bond donors (Lipinski definition) is 2. The largest absolute Gasteiger partial charge is 0.349 e. The molecule has 4 heteroatoms. The molecule has 1 aliphatic heterocycles. The van der Waals surface area contributed by atoms with Crippen molar-refractivity contribution in [3.8, 4) is 0 Å². The number of nitrogens with two attached hydrogens (primary N) is 1. The molecule has 0 amide bonds. The van der Waals surface area contributed by atoms with E-state index >= 15 is 0 Å². The zero-order valence-electron chi connectivity index (χ0n) is 8.52. The molecule has 3 N–H and O–H groups in total. The van der Waals surface area contributed by atoms with Crippen molar-refractivity contribution in [2.75, 3.05) is 18.8 Å². The van der Waals surface area contributed by atoms with Crippen LogP contribution in [0.1, 0.15) is 11.6 Å². The van der Waals surface area contributed by atoms with Gasteiger partial charge in [0, 0.05) is 24.9 Å². The topological polar surface area (TPSA) is 53.1 Å². The second-order valence-electron chi connectivity index (χ2n) is 3.62. The van der Waals surface area contributed by atoms with Crippen LogP contribution in [-0.4, -0.2) is 28.9 Å². The van der Waals surface area contributed by atoms with Gasteiger partial charge in [-0.05, 0) is 5.56 Å². The predicted molar refractivity (Wildman–Crippen MR) is 65.1 cm³/mol. The van der Waals surface area contributed by atoms with Crippen molar-refractivity contribution in [2.24, 2.45) is 5.73 Å². The van der Waals surface area contributed by atoms with Gasteiger partial charge in [0.2, 0.25) is 0 Å². The first-order valence-electron chi connectivity index (χ1n) is 5.04. The molecule has 1 saturated heterocycles. The van der Waals surface area contributed by atoms with Crippen LogP contribution in [0.5, 0.6) is 0 Å². The number of amidine groups is 1. The molecule has 2 rings (SSSR count). The first-order valence-corrected chi connectivity index (χ1v) is 6.03. The fourth-order valence-corrected chi connectivity index (χ4v) is 2.52. The van der Waals surface area contributed by atoms with E-state index in [2.05, 4.69) is 0 Å².